The normalized spacial score (nSPS) is 20.1. The van der Waals surface area contributed by atoms with Gasteiger partial charge >= 0.3 is 0 Å². The highest BCUT2D eigenvalue weighted by molar-refractivity contribution is 6.32. The molecule has 8 nitrogen and oxygen atoms in total. The number of imide groups is 1. The fraction of sp³-hybridized carbons (Fsp3) is 0.250. The van der Waals surface area contributed by atoms with Gasteiger partial charge in [0.15, 0.2) is 12.1 Å². The lowest BCUT2D eigenvalue weighted by Gasteiger charge is -2.20. The van der Waals surface area contributed by atoms with Crippen molar-refractivity contribution in [1.29, 1.82) is 0 Å². The third-order valence-electron chi connectivity index (χ3n) is 4.98. The molecule has 1 saturated heterocycles. The number of anilines is 2. The molecule has 0 bridgehead atoms. The van der Waals surface area contributed by atoms with Gasteiger partial charge in [-0.2, -0.15) is 5.11 Å². The van der Waals surface area contributed by atoms with E-state index in [1.54, 1.807) is 6.07 Å². The van der Waals surface area contributed by atoms with E-state index in [-0.39, 0.29) is 17.3 Å². The van der Waals surface area contributed by atoms with E-state index in [4.69, 9.17) is 11.6 Å². The second-order valence-corrected chi connectivity index (χ2v) is 7.58. The van der Waals surface area contributed by atoms with E-state index < -0.39 is 35.6 Å². The third kappa shape index (κ3) is 3.41. The van der Waals surface area contributed by atoms with Crippen LogP contribution in [0, 0.1) is 19.7 Å². The second kappa shape index (κ2) is 7.49. The summed E-state index contributed by atoms with van der Waals surface area (Å²) in [6, 6.07) is 7.06. The summed E-state index contributed by atoms with van der Waals surface area (Å²) in [5, 5.41) is 11.5. The van der Waals surface area contributed by atoms with Gasteiger partial charge in [-0.05, 0) is 43.7 Å². The Kier molecular flexibility index (Phi) is 4.98. The number of carbonyl (C=O) groups is 3. The maximum atomic E-state index is 13.4. The number of hydrogen-bond acceptors (Lipinski definition) is 6. The fourth-order valence-corrected chi connectivity index (χ4v) is 3.70. The van der Waals surface area contributed by atoms with Gasteiger partial charge in [-0.25, -0.2) is 9.29 Å². The molecule has 0 saturated carbocycles. The molecule has 3 amide bonds. The molecule has 1 N–H and O–H groups in total. The molecule has 154 valence electrons. The van der Waals surface area contributed by atoms with Crippen molar-refractivity contribution in [3.05, 3.63) is 58.4 Å². The number of rotatable bonds is 4. The smallest absolute Gasteiger partial charge is 0.263 e. The minimum Gasteiger partial charge on any atom is -0.324 e. The first-order chi connectivity index (χ1) is 14.3. The van der Waals surface area contributed by atoms with Crippen LogP contribution in [0.25, 0.3) is 0 Å². The highest BCUT2D eigenvalue weighted by Gasteiger charge is 2.55. The van der Waals surface area contributed by atoms with Crippen molar-refractivity contribution in [2.75, 3.05) is 16.8 Å². The largest absolute Gasteiger partial charge is 0.324 e. The summed E-state index contributed by atoms with van der Waals surface area (Å²) < 4.78 is 13.4. The molecule has 0 radical (unpaired) electrons. The molecule has 2 atom stereocenters. The van der Waals surface area contributed by atoms with Crippen molar-refractivity contribution in [3.63, 3.8) is 0 Å². The lowest BCUT2D eigenvalue weighted by Crippen LogP contribution is -2.43. The van der Waals surface area contributed by atoms with Crippen LogP contribution in [0.4, 0.5) is 15.8 Å². The summed E-state index contributed by atoms with van der Waals surface area (Å²) in [4.78, 5) is 39.0. The first-order valence-electron chi connectivity index (χ1n) is 9.13. The number of nitrogens with one attached hydrogen (secondary N) is 1. The van der Waals surface area contributed by atoms with Crippen LogP contribution >= 0.6 is 11.6 Å². The van der Waals surface area contributed by atoms with Crippen molar-refractivity contribution < 1.29 is 18.8 Å². The number of benzene rings is 2. The molecule has 0 unspecified atom stereocenters. The monoisotopic (exact) mass is 429 g/mol. The SMILES string of the molecule is Cc1ccc(NC(=O)CN2N=N[C@@H]3C(=O)N(c4ccc(F)c(Cl)c4)C(=O)[C@@H]32)c(C)c1. The van der Waals surface area contributed by atoms with Gasteiger partial charge in [0.25, 0.3) is 11.8 Å². The van der Waals surface area contributed by atoms with Crippen molar-refractivity contribution >= 4 is 40.7 Å². The van der Waals surface area contributed by atoms with Gasteiger partial charge in [-0.15, -0.1) is 0 Å². The van der Waals surface area contributed by atoms with E-state index in [2.05, 4.69) is 15.7 Å². The van der Waals surface area contributed by atoms with E-state index in [1.807, 2.05) is 26.0 Å². The van der Waals surface area contributed by atoms with Crippen molar-refractivity contribution in [2.24, 2.45) is 10.3 Å². The minimum absolute atomic E-state index is 0.140. The number of aryl methyl sites for hydroxylation is 2. The Morgan fingerprint density at radius 3 is 2.63 bits per heavy atom. The summed E-state index contributed by atoms with van der Waals surface area (Å²) in [7, 11) is 0. The predicted octanol–water partition coefficient (Wildman–Crippen LogP) is 3.03. The first kappa shape index (κ1) is 20.0. The second-order valence-electron chi connectivity index (χ2n) is 7.17. The molecule has 2 aromatic carbocycles. The van der Waals surface area contributed by atoms with E-state index in [0.717, 1.165) is 22.1 Å². The molecule has 2 aliphatic heterocycles. The lowest BCUT2D eigenvalue weighted by molar-refractivity contribution is -0.123. The van der Waals surface area contributed by atoms with Crippen LogP contribution in [-0.2, 0) is 14.4 Å². The van der Waals surface area contributed by atoms with Crippen molar-refractivity contribution in [3.8, 4) is 0 Å². The molecule has 0 spiro atoms. The zero-order valence-corrected chi connectivity index (χ0v) is 16.9. The molecule has 30 heavy (non-hydrogen) atoms. The average Bonchev–Trinajstić information content (AvgIpc) is 3.20. The number of amides is 3. The summed E-state index contributed by atoms with van der Waals surface area (Å²) in [5.41, 5.74) is 2.75. The molecule has 0 aromatic heterocycles. The zero-order valence-electron chi connectivity index (χ0n) is 16.1. The van der Waals surface area contributed by atoms with E-state index >= 15 is 0 Å². The summed E-state index contributed by atoms with van der Waals surface area (Å²) in [6.07, 6.45) is 0. The van der Waals surface area contributed by atoms with Gasteiger partial charge in [-0.3, -0.25) is 19.4 Å². The van der Waals surface area contributed by atoms with Crippen LogP contribution in [0.5, 0.6) is 0 Å². The first-order valence-corrected chi connectivity index (χ1v) is 9.51. The molecule has 10 heteroatoms. The third-order valence-corrected chi connectivity index (χ3v) is 5.27. The van der Waals surface area contributed by atoms with Crippen molar-refractivity contribution in [2.45, 2.75) is 25.9 Å². The van der Waals surface area contributed by atoms with Crippen LogP contribution < -0.4 is 10.2 Å². The Bertz CT molecular complexity index is 1110. The quantitative estimate of drug-likeness (QED) is 0.756. The van der Waals surface area contributed by atoms with Crippen LogP contribution in [0.15, 0.2) is 46.7 Å². The Labute approximate surface area is 176 Å². The van der Waals surface area contributed by atoms with Crippen LogP contribution in [0.3, 0.4) is 0 Å². The highest BCUT2D eigenvalue weighted by atomic mass is 35.5. The van der Waals surface area contributed by atoms with Crippen molar-refractivity contribution in [1.82, 2.24) is 5.01 Å². The maximum absolute atomic E-state index is 13.4. The molecule has 0 aliphatic carbocycles. The van der Waals surface area contributed by atoms with E-state index in [9.17, 15) is 18.8 Å². The number of carbonyl (C=O) groups excluding carboxylic acids is 3. The number of halogens is 2. The number of nitrogens with zero attached hydrogens (tertiary/aromatic N) is 4. The maximum Gasteiger partial charge on any atom is 0.263 e. The molecular weight excluding hydrogens is 413 g/mol. The summed E-state index contributed by atoms with van der Waals surface area (Å²) >= 11 is 5.78. The number of hydrogen-bond donors (Lipinski definition) is 1. The average molecular weight is 430 g/mol. The Morgan fingerprint density at radius 2 is 1.93 bits per heavy atom. The molecular formula is C20H17ClFN5O3. The molecule has 2 aliphatic rings. The van der Waals surface area contributed by atoms with Gasteiger partial charge in [0.2, 0.25) is 5.91 Å². The Morgan fingerprint density at radius 1 is 1.17 bits per heavy atom. The zero-order chi connectivity index (χ0) is 21.6. The van der Waals surface area contributed by atoms with Gasteiger partial charge in [0, 0.05) is 5.69 Å². The van der Waals surface area contributed by atoms with Gasteiger partial charge in [-0.1, -0.05) is 34.5 Å². The van der Waals surface area contributed by atoms with Gasteiger partial charge in [0.1, 0.15) is 12.4 Å². The molecule has 2 heterocycles. The predicted molar refractivity (Wildman–Crippen MR) is 108 cm³/mol. The molecule has 1 fully saturated rings. The van der Waals surface area contributed by atoms with Gasteiger partial charge < -0.3 is 5.32 Å². The minimum atomic E-state index is -1.06. The van der Waals surface area contributed by atoms with E-state index in [0.29, 0.717) is 5.69 Å². The lowest BCUT2D eigenvalue weighted by atomic mass is 10.1. The fourth-order valence-electron chi connectivity index (χ4n) is 3.52. The Balaban J connectivity index is 1.50. The summed E-state index contributed by atoms with van der Waals surface area (Å²) in [6.45, 7) is 3.57. The van der Waals surface area contributed by atoms with Crippen LogP contribution in [0.2, 0.25) is 5.02 Å². The standard InChI is InChI=1S/C20H17ClFN5O3/c1-10-3-6-15(11(2)7-10)23-16(28)9-26-18-17(24-25-26)19(29)27(20(18)30)12-4-5-14(22)13(21)8-12/h3-8,17-18H,9H2,1-2H3,(H,23,28)/t17-,18+/m0/s1. The number of fused-ring (bicyclic) bond motifs is 1. The summed E-state index contributed by atoms with van der Waals surface area (Å²) in [5.74, 6) is -2.26. The van der Waals surface area contributed by atoms with E-state index in [1.165, 1.54) is 17.1 Å². The van der Waals surface area contributed by atoms with Crippen LogP contribution in [-0.4, -0.2) is 41.4 Å². The molecule has 2 aromatic rings. The Hall–Kier alpha value is -3.33. The van der Waals surface area contributed by atoms with Gasteiger partial charge in [0.05, 0.1) is 10.7 Å². The molecule has 4 rings (SSSR count). The van der Waals surface area contributed by atoms with Crippen LogP contribution in [0.1, 0.15) is 11.1 Å². The highest BCUT2D eigenvalue weighted by Crippen LogP contribution is 2.33. The topological polar surface area (TPSA) is 94.4 Å².